The van der Waals surface area contributed by atoms with E-state index < -0.39 is 11.8 Å². The SMILES string of the molecule is COc1ccc(Cn2nc(C(C)(OCc3ccccc3)C(F)(F)F)c3ccc(Br)cc32)cc1. The van der Waals surface area contributed by atoms with Gasteiger partial charge in [-0.1, -0.05) is 58.4 Å². The summed E-state index contributed by atoms with van der Waals surface area (Å²) in [7, 11) is 1.58. The first-order chi connectivity index (χ1) is 15.7. The van der Waals surface area contributed by atoms with Crippen LogP contribution in [-0.2, 0) is 23.5 Å². The number of methoxy groups -OCH3 is 1. The molecule has 0 aliphatic rings. The Kier molecular flexibility index (Phi) is 6.50. The summed E-state index contributed by atoms with van der Waals surface area (Å²) < 4.78 is 56.3. The minimum atomic E-state index is -4.68. The Balaban J connectivity index is 1.78. The lowest BCUT2D eigenvalue weighted by Crippen LogP contribution is -2.42. The topological polar surface area (TPSA) is 36.3 Å². The summed E-state index contributed by atoms with van der Waals surface area (Å²) in [5, 5.41) is 4.83. The molecule has 1 heterocycles. The van der Waals surface area contributed by atoms with Gasteiger partial charge in [0.25, 0.3) is 0 Å². The molecule has 0 amide bonds. The Morgan fingerprint density at radius 3 is 2.27 bits per heavy atom. The first-order valence-electron chi connectivity index (χ1n) is 10.3. The van der Waals surface area contributed by atoms with Crippen molar-refractivity contribution in [3.05, 3.63) is 94.1 Å². The molecule has 4 rings (SSSR count). The average molecular weight is 519 g/mol. The summed E-state index contributed by atoms with van der Waals surface area (Å²) in [6.45, 7) is 1.14. The van der Waals surface area contributed by atoms with Crippen molar-refractivity contribution in [1.82, 2.24) is 9.78 Å². The number of rotatable bonds is 7. The monoisotopic (exact) mass is 518 g/mol. The summed E-state index contributed by atoms with van der Waals surface area (Å²) in [6.07, 6.45) is -4.68. The van der Waals surface area contributed by atoms with Gasteiger partial charge in [-0.15, -0.1) is 0 Å². The Morgan fingerprint density at radius 2 is 1.64 bits per heavy atom. The molecule has 172 valence electrons. The first kappa shape index (κ1) is 23.3. The number of alkyl halides is 3. The quantitative estimate of drug-likeness (QED) is 0.268. The minimum Gasteiger partial charge on any atom is -0.497 e. The zero-order valence-corrected chi connectivity index (χ0v) is 19.7. The number of nitrogens with zero attached hydrogens (tertiary/aromatic N) is 2. The molecule has 0 aliphatic carbocycles. The van der Waals surface area contributed by atoms with Gasteiger partial charge in [0, 0.05) is 9.86 Å². The van der Waals surface area contributed by atoms with Gasteiger partial charge >= 0.3 is 6.18 Å². The molecular weight excluding hydrogens is 497 g/mol. The van der Waals surface area contributed by atoms with Crippen LogP contribution in [0.5, 0.6) is 5.75 Å². The van der Waals surface area contributed by atoms with Crippen LogP contribution in [0.1, 0.15) is 23.7 Å². The smallest absolute Gasteiger partial charge is 0.423 e. The van der Waals surface area contributed by atoms with Gasteiger partial charge in [-0.3, -0.25) is 4.68 Å². The van der Waals surface area contributed by atoms with Crippen LogP contribution in [0.3, 0.4) is 0 Å². The molecule has 1 unspecified atom stereocenters. The van der Waals surface area contributed by atoms with E-state index in [1.807, 2.05) is 12.1 Å². The van der Waals surface area contributed by atoms with E-state index in [9.17, 15) is 13.2 Å². The molecule has 0 radical (unpaired) electrons. The van der Waals surface area contributed by atoms with Gasteiger partial charge in [0.05, 0.1) is 25.8 Å². The Bertz CT molecular complexity index is 1240. The number of aromatic nitrogens is 2. The molecule has 1 atom stereocenters. The number of ether oxygens (including phenoxy) is 2. The third-order valence-electron chi connectivity index (χ3n) is 5.57. The van der Waals surface area contributed by atoms with E-state index >= 15 is 0 Å². The van der Waals surface area contributed by atoms with Crippen LogP contribution in [-0.4, -0.2) is 23.1 Å². The number of halogens is 4. The third kappa shape index (κ3) is 4.77. The van der Waals surface area contributed by atoms with E-state index in [0.717, 1.165) is 17.0 Å². The molecule has 0 aliphatic heterocycles. The predicted octanol–water partition coefficient (Wildman–Crippen LogP) is 6.85. The fourth-order valence-electron chi connectivity index (χ4n) is 3.61. The van der Waals surface area contributed by atoms with Crippen LogP contribution in [0.15, 0.2) is 77.3 Å². The summed E-state index contributed by atoms with van der Waals surface area (Å²) in [4.78, 5) is 0. The van der Waals surface area contributed by atoms with Crippen LogP contribution < -0.4 is 4.74 Å². The zero-order valence-electron chi connectivity index (χ0n) is 18.1. The summed E-state index contributed by atoms with van der Waals surface area (Å²) in [6, 6.07) is 21.2. The van der Waals surface area contributed by atoms with E-state index in [0.29, 0.717) is 28.8 Å². The van der Waals surface area contributed by atoms with Gasteiger partial charge in [0.2, 0.25) is 5.60 Å². The van der Waals surface area contributed by atoms with Crippen molar-refractivity contribution in [1.29, 1.82) is 0 Å². The molecule has 0 bridgehead atoms. The van der Waals surface area contributed by atoms with Gasteiger partial charge in [0.1, 0.15) is 11.4 Å². The maximum atomic E-state index is 14.4. The number of benzene rings is 3. The maximum absolute atomic E-state index is 14.4. The lowest BCUT2D eigenvalue weighted by molar-refractivity contribution is -0.282. The van der Waals surface area contributed by atoms with Gasteiger partial charge in [0.15, 0.2) is 0 Å². The molecule has 8 heteroatoms. The van der Waals surface area contributed by atoms with Crippen LogP contribution in [0.4, 0.5) is 13.2 Å². The molecule has 0 N–H and O–H groups in total. The van der Waals surface area contributed by atoms with Crippen molar-refractivity contribution in [3.8, 4) is 5.75 Å². The Hall–Kier alpha value is -2.84. The van der Waals surface area contributed by atoms with Crippen molar-refractivity contribution in [3.63, 3.8) is 0 Å². The predicted molar refractivity (Wildman–Crippen MR) is 124 cm³/mol. The highest BCUT2D eigenvalue weighted by Gasteiger charge is 2.56. The van der Waals surface area contributed by atoms with Gasteiger partial charge in [-0.05, 0) is 48.4 Å². The molecular formula is C25H22BrF3N2O2. The molecule has 33 heavy (non-hydrogen) atoms. The highest BCUT2D eigenvalue weighted by Crippen LogP contribution is 2.44. The summed E-state index contributed by atoms with van der Waals surface area (Å²) in [5.74, 6) is 0.700. The lowest BCUT2D eigenvalue weighted by Gasteiger charge is -2.31. The van der Waals surface area contributed by atoms with Gasteiger partial charge < -0.3 is 9.47 Å². The molecule has 0 fully saturated rings. The maximum Gasteiger partial charge on any atom is 0.423 e. The second-order valence-corrected chi connectivity index (χ2v) is 8.74. The molecule has 0 spiro atoms. The molecule has 4 nitrogen and oxygen atoms in total. The van der Waals surface area contributed by atoms with E-state index in [-0.39, 0.29) is 12.3 Å². The third-order valence-corrected chi connectivity index (χ3v) is 6.06. The van der Waals surface area contributed by atoms with Gasteiger partial charge in [-0.2, -0.15) is 18.3 Å². The Morgan fingerprint density at radius 1 is 0.939 bits per heavy atom. The molecule has 3 aromatic carbocycles. The number of fused-ring (bicyclic) bond motifs is 1. The molecule has 1 aromatic heterocycles. The highest BCUT2D eigenvalue weighted by atomic mass is 79.9. The second kappa shape index (κ2) is 9.19. The van der Waals surface area contributed by atoms with Crippen LogP contribution in [0, 0.1) is 0 Å². The Labute approximate surface area is 198 Å². The lowest BCUT2D eigenvalue weighted by atomic mass is 9.97. The van der Waals surface area contributed by atoms with Crippen LogP contribution in [0.25, 0.3) is 10.9 Å². The van der Waals surface area contributed by atoms with Crippen molar-refractivity contribution >= 4 is 26.8 Å². The molecule has 4 aromatic rings. The fraction of sp³-hybridized carbons (Fsp3) is 0.240. The van der Waals surface area contributed by atoms with Crippen molar-refractivity contribution in [2.45, 2.75) is 31.9 Å². The standard InChI is InChI=1S/C25H22BrF3N2O2/c1-24(25(27,28)29,33-16-18-6-4-3-5-7-18)23-21-13-10-19(26)14-22(21)31(30-23)15-17-8-11-20(32-2)12-9-17/h3-14H,15-16H2,1-2H3. The molecule has 0 saturated carbocycles. The second-order valence-electron chi connectivity index (χ2n) is 7.82. The van der Waals surface area contributed by atoms with Crippen LogP contribution >= 0.6 is 15.9 Å². The molecule has 0 saturated heterocycles. The minimum absolute atomic E-state index is 0.165. The van der Waals surface area contributed by atoms with Crippen molar-refractivity contribution < 1.29 is 22.6 Å². The van der Waals surface area contributed by atoms with E-state index in [1.165, 1.54) is 0 Å². The van der Waals surface area contributed by atoms with E-state index in [4.69, 9.17) is 9.47 Å². The van der Waals surface area contributed by atoms with E-state index in [1.54, 1.807) is 72.5 Å². The summed E-state index contributed by atoms with van der Waals surface area (Å²) in [5.41, 5.74) is -0.653. The number of hydrogen-bond donors (Lipinski definition) is 0. The summed E-state index contributed by atoms with van der Waals surface area (Å²) >= 11 is 3.42. The zero-order chi connectivity index (χ0) is 23.6. The first-order valence-corrected chi connectivity index (χ1v) is 11.0. The normalized spacial score (nSPS) is 13.8. The van der Waals surface area contributed by atoms with Crippen molar-refractivity contribution in [2.24, 2.45) is 0 Å². The highest BCUT2D eigenvalue weighted by molar-refractivity contribution is 9.10. The van der Waals surface area contributed by atoms with Crippen molar-refractivity contribution in [2.75, 3.05) is 7.11 Å². The average Bonchev–Trinajstić information content (AvgIpc) is 3.15. The van der Waals surface area contributed by atoms with E-state index in [2.05, 4.69) is 21.0 Å². The van der Waals surface area contributed by atoms with Gasteiger partial charge in [-0.25, -0.2) is 0 Å². The fourth-order valence-corrected chi connectivity index (χ4v) is 3.96. The largest absolute Gasteiger partial charge is 0.497 e. The van der Waals surface area contributed by atoms with Crippen LogP contribution in [0.2, 0.25) is 0 Å². The number of hydrogen-bond acceptors (Lipinski definition) is 3.